The van der Waals surface area contributed by atoms with E-state index >= 15 is 0 Å². The molecule has 72 valence electrons. The Kier molecular flexibility index (Phi) is 1.95. The van der Waals surface area contributed by atoms with Gasteiger partial charge in [-0.25, -0.2) is 4.98 Å². The molecule has 2 aromatic rings. The van der Waals surface area contributed by atoms with E-state index in [1.54, 1.807) is 17.9 Å². The predicted molar refractivity (Wildman–Crippen MR) is 52.9 cm³/mol. The number of halogens is 1. The second kappa shape index (κ2) is 3.02. The number of rotatable bonds is 1. The van der Waals surface area contributed by atoms with E-state index in [0.29, 0.717) is 11.0 Å². The van der Waals surface area contributed by atoms with Crippen molar-refractivity contribution in [2.75, 3.05) is 0 Å². The molecular weight excluding hydrogens is 252 g/mol. The fourth-order valence-corrected chi connectivity index (χ4v) is 1.60. The zero-order chi connectivity index (χ0) is 10.3. The van der Waals surface area contributed by atoms with Crippen molar-refractivity contribution >= 4 is 32.7 Å². The third-order valence-electron chi connectivity index (χ3n) is 1.74. The van der Waals surface area contributed by atoms with E-state index in [2.05, 4.69) is 26.0 Å². The number of aryl methyl sites for hydroxylation is 1. The molecule has 0 aliphatic carbocycles. The lowest BCUT2D eigenvalue weighted by Gasteiger charge is -1.93. The lowest BCUT2D eigenvalue weighted by Crippen LogP contribution is -1.91. The lowest BCUT2D eigenvalue weighted by molar-refractivity contribution is -0.385. The molecule has 7 heteroatoms. The Bertz CT molecular complexity index is 522. The fraction of sp³-hybridized carbons (Fsp3) is 0.143. The molecule has 0 amide bonds. The third kappa shape index (κ3) is 1.35. The van der Waals surface area contributed by atoms with Crippen LogP contribution in [0.25, 0.3) is 11.0 Å². The number of hydrogen-bond acceptors (Lipinski definition) is 4. The van der Waals surface area contributed by atoms with Crippen molar-refractivity contribution < 1.29 is 4.92 Å². The Balaban J connectivity index is 2.76. The van der Waals surface area contributed by atoms with Crippen molar-refractivity contribution in [2.45, 2.75) is 0 Å². The third-order valence-corrected chi connectivity index (χ3v) is 2.32. The van der Waals surface area contributed by atoms with Gasteiger partial charge in [0.2, 0.25) is 0 Å². The Morgan fingerprint density at radius 2 is 2.36 bits per heavy atom. The van der Waals surface area contributed by atoms with E-state index in [1.165, 1.54) is 6.07 Å². The van der Waals surface area contributed by atoms with Crippen LogP contribution in [0.3, 0.4) is 0 Å². The van der Waals surface area contributed by atoms with Crippen LogP contribution in [0, 0.1) is 10.1 Å². The first-order valence-corrected chi connectivity index (χ1v) is 4.51. The van der Waals surface area contributed by atoms with Crippen molar-refractivity contribution in [1.82, 2.24) is 14.8 Å². The Hall–Kier alpha value is -1.50. The van der Waals surface area contributed by atoms with Gasteiger partial charge in [-0.2, -0.15) is 5.10 Å². The highest BCUT2D eigenvalue weighted by Gasteiger charge is 2.15. The predicted octanol–water partition coefficient (Wildman–Crippen LogP) is 1.64. The van der Waals surface area contributed by atoms with Crippen molar-refractivity contribution in [3.63, 3.8) is 0 Å². The molecule has 2 heterocycles. The second-order valence-electron chi connectivity index (χ2n) is 2.77. The van der Waals surface area contributed by atoms with Gasteiger partial charge in [-0.1, -0.05) is 0 Å². The average molecular weight is 257 g/mol. The van der Waals surface area contributed by atoms with Gasteiger partial charge in [0.15, 0.2) is 10.3 Å². The second-order valence-corrected chi connectivity index (χ2v) is 3.52. The van der Waals surface area contributed by atoms with Gasteiger partial charge < -0.3 is 0 Å². The van der Waals surface area contributed by atoms with E-state index in [9.17, 15) is 10.1 Å². The maximum Gasteiger partial charge on any atom is 0.302 e. The number of aromatic nitrogens is 3. The fourth-order valence-electron chi connectivity index (χ4n) is 1.17. The van der Waals surface area contributed by atoms with E-state index in [4.69, 9.17) is 0 Å². The van der Waals surface area contributed by atoms with E-state index < -0.39 is 4.92 Å². The van der Waals surface area contributed by atoms with Crippen LogP contribution >= 0.6 is 15.9 Å². The Morgan fingerprint density at radius 1 is 1.64 bits per heavy atom. The lowest BCUT2D eigenvalue weighted by atomic mass is 10.3. The SMILES string of the molecule is Cn1cc2cc([N+](=O)[O-])c(Br)nc2n1. The molecule has 0 fully saturated rings. The standard InChI is InChI=1S/C7H5BrN4O2/c1-11-3-4-2-5(12(13)14)6(8)9-7(4)10-11/h2-3H,1H3. The van der Waals surface area contributed by atoms with Gasteiger partial charge in [-0.3, -0.25) is 14.8 Å². The summed E-state index contributed by atoms with van der Waals surface area (Å²) in [5.41, 5.74) is 0.440. The molecule has 0 saturated heterocycles. The summed E-state index contributed by atoms with van der Waals surface area (Å²) >= 11 is 3.03. The first kappa shape index (κ1) is 9.07. The maximum atomic E-state index is 10.6. The molecule has 0 bridgehead atoms. The first-order valence-electron chi connectivity index (χ1n) is 3.72. The average Bonchev–Trinajstić information content (AvgIpc) is 2.42. The molecule has 0 radical (unpaired) electrons. The van der Waals surface area contributed by atoms with Gasteiger partial charge in [0.1, 0.15) is 0 Å². The van der Waals surface area contributed by atoms with E-state index in [0.717, 1.165) is 0 Å². The molecule has 2 aromatic heterocycles. The van der Waals surface area contributed by atoms with Crippen molar-refractivity contribution in [3.8, 4) is 0 Å². The van der Waals surface area contributed by atoms with Crippen LogP contribution < -0.4 is 0 Å². The number of fused-ring (bicyclic) bond motifs is 1. The highest BCUT2D eigenvalue weighted by Crippen LogP contribution is 2.25. The van der Waals surface area contributed by atoms with Crippen LogP contribution in [0.5, 0.6) is 0 Å². The summed E-state index contributed by atoms with van der Waals surface area (Å²) in [6, 6.07) is 1.44. The normalized spacial score (nSPS) is 10.7. The number of nitrogens with zero attached hydrogens (tertiary/aromatic N) is 4. The summed E-state index contributed by atoms with van der Waals surface area (Å²) in [5, 5.41) is 15.3. The first-order chi connectivity index (χ1) is 6.58. The minimum Gasteiger partial charge on any atom is -0.273 e. The van der Waals surface area contributed by atoms with Crippen LogP contribution in [-0.4, -0.2) is 19.7 Å². The highest BCUT2D eigenvalue weighted by molar-refractivity contribution is 9.10. The van der Waals surface area contributed by atoms with Crippen LogP contribution in [0.15, 0.2) is 16.9 Å². The van der Waals surface area contributed by atoms with Gasteiger partial charge in [0.25, 0.3) is 0 Å². The zero-order valence-corrected chi connectivity index (χ0v) is 8.72. The molecule has 0 aliphatic heterocycles. The molecule has 2 rings (SSSR count). The molecular formula is C7H5BrN4O2. The molecule has 0 atom stereocenters. The quantitative estimate of drug-likeness (QED) is 0.442. The monoisotopic (exact) mass is 256 g/mol. The maximum absolute atomic E-state index is 10.6. The zero-order valence-electron chi connectivity index (χ0n) is 7.14. The minimum absolute atomic E-state index is 0.0505. The number of pyridine rings is 1. The summed E-state index contributed by atoms with van der Waals surface area (Å²) in [7, 11) is 1.74. The molecule has 0 aliphatic rings. The van der Waals surface area contributed by atoms with Gasteiger partial charge in [0.05, 0.1) is 4.92 Å². The Labute approximate surface area is 86.8 Å². The Morgan fingerprint density at radius 3 is 3.00 bits per heavy atom. The number of hydrogen-bond donors (Lipinski definition) is 0. The van der Waals surface area contributed by atoms with Gasteiger partial charge in [-0.05, 0) is 15.9 Å². The molecule has 0 saturated carbocycles. The molecule has 14 heavy (non-hydrogen) atoms. The number of nitro groups is 1. The van der Waals surface area contributed by atoms with Crippen molar-refractivity contribution in [1.29, 1.82) is 0 Å². The van der Waals surface area contributed by atoms with Crippen LogP contribution in [0.4, 0.5) is 5.69 Å². The van der Waals surface area contributed by atoms with E-state index in [-0.39, 0.29) is 10.3 Å². The summed E-state index contributed by atoms with van der Waals surface area (Å²) in [4.78, 5) is 14.1. The minimum atomic E-state index is -0.483. The summed E-state index contributed by atoms with van der Waals surface area (Å²) in [6.45, 7) is 0. The summed E-state index contributed by atoms with van der Waals surface area (Å²) in [5.74, 6) is 0. The van der Waals surface area contributed by atoms with Crippen molar-refractivity contribution in [3.05, 3.63) is 27.0 Å². The highest BCUT2D eigenvalue weighted by atomic mass is 79.9. The molecule has 0 unspecified atom stereocenters. The topological polar surface area (TPSA) is 73.8 Å². The van der Waals surface area contributed by atoms with Crippen LogP contribution in [0.1, 0.15) is 0 Å². The van der Waals surface area contributed by atoms with Gasteiger partial charge in [-0.15, -0.1) is 0 Å². The van der Waals surface area contributed by atoms with E-state index in [1.807, 2.05) is 0 Å². The summed E-state index contributed by atoms with van der Waals surface area (Å²) < 4.78 is 1.77. The van der Waals surface area contributed by atoms with Gasteiger partial charge >= 0.3 is 5.69 Å². The molecule has 0 aromatic carbocycles. The summed E-state index contributed by atoms with van der Waals surface area (Å²) in [6.07, 6.45) is 1.68. The molecule has 6 nitrogen and oxygen atoms in total. The van der Waals surface area contributed by atoms with Gasteiger partial charge in [0, 0.05) is 24.7 Å². The molecule has 0 spiro atoms. The smallest absolute Gasteiger partial charge is 0.273 e. The largest absolute Gasteiger partial charge is 0.302 e. The van der Waals surface area contributed by atoms with Crippen LogP contribution in [0.2, 0.25) is 0 Å². The van der Waals surface area contributed by atoms with Crippen LogP contribution in [-0.2, 0) is 7.05 Å². The molecule has 0 N–H and O–H groups in total. The van der Waals surface area contributed by atoms with Crippen molar-refractivity contribution in [2.24, 2.45) is 7.05 Å².